The molecule has 0 spiro atoms. The number of carbonyl (C=O) groups excluding carboxylic acids is 1. The van der Waals surface area contributed by atoms with Crippen LogP contribution in [0.2, 0.25) is 0 Å². The Morgan fingerprint density at radius 3 is 2.12 bits per heavy atom. The topological polar surface area (TPSA) is 46.5 Å². The third-order valence-electron chi connectivity index (χ3n) is 8.90. The lowest BCUT2D eigenvalue weighted by molar-refractivity contribution is -0.149. The van der Waals surface area contributed by atoms with Crippen LogP contribution < -0.4 is 0 Å². The zero-order chi connectivity index (χ0) is 28.3. The summed E-state index contributed by atoms with van der Waals surface area (Å²) in [6, 6.07) is 22.3. The summed E-state index contributed by atoms with van der Waals surface area (Å²) in [6.45, 7) is 6.22. The molecule has 1 atom stereocenters. The highest BCUT2D eigenvalue weighted by Gasteiger charge is 2.20. The van der Waals surface area contributed by atoms with Gasteiger partial charge in [-0.15, -0.1) is 0 Å². The largest absolute Gasteiger partial charge is 0.465 e. The smallest absolute Gasteiger partial charge is 0.308 e. The van der Waals surface area contributed by atoms with Gasteiger partial charge in [0.05, 0.1) is 12.5 Å². The van der Waals surface area contributed by atoms with Crippen LogP contribution in [0.25, 0.3) is 21.9 Å². The number of esters is 1. The second-order valence-electron chi connectivity index (χ2n) is 12.6. The van der Waals surface area contributed by atoms with E-state index in [2.05, 4.69) is 67.6 Å². The first-order valence-electron chi connectivity index (χ1n) is 15.8. The van der Waals surface area contributed by atoms with Gasteiger partial charge in [-0.3, -0.25) is 4.79 Å². The Bertz CT molecular complexity index is 1190. The van der Waals surface area contributed by atoms with E-state index in [9.17, 15) is 9.90 Å². The summed E-state index contributed by atoms with van der Waals surface area (Å²) >= 11 is 0. The second-order valence-corrected chi connectivity index (χ2v) is 12.6. The van der Waals surface area contributed by atoms with Gasteiger partial charge < -0.3 is 9.84 Å². The average Bonchev–Trinajstić information content (AvgIpc) is 2.98. The van der Waals surface area contributed by atoms with Gasteiger partial charge >= 0.3 is 5.97 Å². The summed E-state index contributed by atoms with van der Waals surface area (Å²) in [6.07, 6.45) is 14.6. The fourth-order valence-electron chi connectivity index (χ4n) is 6.32. The SMILES string of the molecule is CCCC1CCC(CCCCc2ccc3cc(-c4ccc(CC(CO)COC(=O)C(C)C)cc4)ccc3c2)CC1. The van der Waals surface area contributed by atoms with Crippen LogP contribution in [-0.4, -0.2) is 24.3 Å². The van der Waals surface area contributed by atoms with Crippen molar-refractivity contribution in [3.8, 4) is 11.1 Å². The van der Waals surface area contributed by atoms with Gasteiger partial charge in [0.15, 0.2) is 0 Å². The van der Waals surface area contributed by atoms with E-state index in [1.165, 1.54) is 91.7 Å². The van der Waals surface area contributed by atoms with Gasteiger partial charge in [-0.2, -0.15) is 0 Å². The number of hydrogen-bond donors (Lipinski definition) is 1. The lowest BCUT2D eigenvalue weighted by Crippen LogP contribution is -2.21. The van der Waals surface area contributed by atoms with Crippen LogP contribution >= 0.6 is 0 Å². The van der Waals surface area contributed by atoms with Crippen LogP contribution in [0.1, 0.15) is 89.7 Å². The van der Waals surface area contributed by atoms with E-state index >= 15 is 0 Å². The molecule has 3 heteroatoms. The maximum atomic E-state index is 11.8. The molecule has 216 valence electrons. The van der Waals surface area contributed by atoms with Crippen LogP contribution in [0.5, 0.6) is 0 Å². The molecule has 1 unspecified atom stereocenters. The molecule has 0 saturated heterocycles. The minimum Gasteiger partial charge on any atom is -0.465 e. The van der Waals surface area contributed by atoms with Gasteiger partial charge in [0.2, 0.25) is 0 Å². The van der Waals surface area contributed by atoms with Crippen molar-refractivity contribution in [1.29, 1.82) is 0 Å². The summed E-state index contributed by atoms with van der Waals surface area (Å²) in [5, 5.41) is 12.3. The molecule has 0 aromatic heterocycles. The van der Waals surface area contributed by atoms with E-state index in [0.29, 0.717) is 6.42 Å². The normalized spacial score (nSPS) is 18.2. The molecule has 0 heterocycles. The zero-order valence-corrected chi connectivity index (χ0v) is 25.0. The standard InChI is InChI=1S/C37H50O3/c1-4-7-28-10-12-29(13-11-28)8-5-6-9-30-16-19-36-24-35(21-20-34(36)23-30)33-17-14-31(15-18-33)22-32(25-38)26-40-37(39)27(2)3/h14-21,23-24,27-29,32,38H,4-13,22,25-26H2,1-3H3. The number of hydrogen-bond acceptors (Lipinski definition) is 3. The number of aliphatic hydroxyl groups excluding tert-OH is 1. The average molecular weight is 543 g/mol. The molecule has 4 rings (SSSR count). The molecule has 0 bridgehead atoms. The van der Waals surface area contributed by atoms with Gasteiger partial charge in [-0.05, 0) is 70.2 Å². The molecule has 0 radical (unpaired) electrons. The number of unbranched alkanes of at least 4 members (excludes halogenated alkanes) is 1. The van der Waals surface area contributed by atoms with Crippen molar-refractivity contribution in [2.24, 2.45) is 23.7 Å². The third-order valence-corrected chi connectivity index (χ3v) is 8.90. The van der Waals surface area contributed by atoms with Crippen molar-refractivity contribution in [1.82, 2.24) is 0 Å². The van der Waals surface area contributed by atoms with E-state index in [4.69, 9.17) is 4.74 Å². The van der Waals surface area contributed by atoms with Gasteiger partial charge in [0.1, 0.15) is 0 Å². The number of ether oxygens (including phenoxy) is 1. The molecule has 1 aliphatic carbocycles. The Labute approximate surface area is 242 Å². The Kier molecular flexibility index (Phi) is 11.7. The van der Waals surface area contributed by atoms with Crippen LogP contribution in [-0.2, 0) is 22.4 Å². The minimum atomic E-state index is -0.215. The number of aliphatic hydroxyl groups is 1. The first-order valence-corrected chi connectivity index (χ1v) is 15.8. The lowest BCUT2D eigenvalue weighted by atomic mass is 9.78. The van der Waals surface area contributed by atoms with Crippen molar-refractivity contribution >= 4 is 16.7 Å². The van der Waals surface area contributed by atoms with Crippen LogP contribution in [0.15, 0.2) is 60.7 Å². The van der Waals surface area contributed by atoms with E-state index in [0.717, 1.165) is 17.4 Å². The molecular formula is C37H50O3. The Morgan fingerprint density at radius 1 is 0.825 bits per heavy atom. The van der Waals surface area contributed by atoms with Gasteiger partial charge in [0, 0.05) is 12.5 Å². The van der Waals surface area contributed by atoms with Crippen molar-refractivity contribution in [2.75, 3.05) is 13.2 Å². The summed E-state index contributed by atoms with van der Waals surface area (Å²) in [4.78, 5) is 11.8. The molecule has 0 amide bonds. The molecule has 0 aliphatic heterocycles. The van der Waals surface area contributed by atoms with E-state index in [1.54, 1.807) is 0 Å². The van der Waals surface area contributed by atoms with Crippen molar-refractivity contribution in [2.45, 2.75) is 91.4 Å². The minimum absolute atomic E-state index is 0.000185. The van der Waals surface area contributed by atoms with Crippen molar-refractivity contribution < 1.29 is 14.6 Å². The van der Waals surface area contributed by atoms with Crippen LogP contribution in [0, 0.1) is 23.7 Å². The zero-order valence-electron chi connectivity index (χ0n) is 25.0. The molecule has 1 fully saturated rings. The molecule has 1 saturated carbocycles. The molecule has 3 aromatic rings. The Hall–Kier alpha value is -2.65. The monoisotopic (exact) mass is 542 g/mol. The van der Waals surface area contributed by atoms with Crippen molar-refractivity contribution in [3.05, 3.63) is 71.8 Å². The van der Waals surface area contributed by atoms with Crippen LogP contribution in [0.4, 0.5) is 0 Å². The highest BCUT2D eigenvalue weighted by atomic mass is 16.5. The number of benzene rings is 3. The second kappa shape index (κ2) is 15.4. The predicted molar refractivity (Wildman–Crippen MR) is 167 cm³/mol. The summed E-state index contributed by atoms with van der Waals surface area (Å²) in [7, 11) is 0. The maximum Gasteiger partial charge on any atom is 0.308 e. The highest BCUT2D eigenvalue weighted by Crippen LogP contribution is 2.34. The Morgan fingerprint density at radius 2 is 1.45 bits per heavy atom. The number of aryl methyl sites for hydroxylation is 1. The molecule has 1 N–H and O–H groups in total. The number of fused-ring (bicyclic) bond motifs is 1. The summed E-state index contributed by atoms with van der Waals surface area (Å²) in [5.74, 6) is 1.53. The van der Waals surface area contributed by atoms with E-state index in [-0.39, 0.29) is 31.0 Å². The summed E-state index contributed by atoms with van der Waals surface area (Å²) in [5.41, 5.74) is 4.99. The molecular weight excluding hydrogens is 492 g/mol. The van der Waals surface area contributed by atoms with Gasteiger partial charge in [-0.25, -0.2) is 0 Å². The first-order chi connectivity index (χ1) is 19.4. The first kappa shape index (κ1) is 30.3. The van der Waals surface area contributed by atoms with Gasteiger partial charge in [0.25, 0.3) is 0 Å². The fraction of sp³-hybridized carbons (Fsp3) is 0.541. The van der Waals surface area contributed by atoms with Crippen molar-refractivity contribution in [3.63, 3.8) is 0 Å². The maximum absolute atomic E-state index is 11.8. The van der Waals surface area contributed by atoms with E-state index < -0.39 is 0 Å². The summed E-state index contributed by atoms with van der Waals surface area (Å²) < 4.78 is 5.33. The Balaban J connectivity index is 1.26. The van der Waals surface area contributed by atoms with Crippen LogP contribution in [0.3, 0.4) is 0 Å². The predicted octanol–water partition coefficient (Wildman–Crippen LogP) is 9.18. The highest BCUT2D eigenvalue weighted by molar-refractivity contribution is 5.87. The fourth-order valence-corrected chi connectivity index (χ4v) is 6.32. The lowest BCUT2D eigenvalue weighted by Gasteiger charge is -2.28. The molecule has 3 aromatic carbocycles. The number of rotatable bonds is 14. The number of carbonyl (C=O) groups is 1. The molecule has 3 nitrogen and oxygen atoms in total. The molecule has 1 aliphatic rings. The van der Waals surface area contributed by atoms with E-state index in [1.807, 2.05) is 13.8 Å². The quantitative estimate of drug-likeness (QED) is 0.163. The third kappa shape index (κ3) is 8.93. The molecule has 40 heavy (non-hydrogen) atoms. The van der Waals surface area contributed by atoms with Gasteiger partial charge in [-0.1, -0.05) is 127 Å².